The molecule has 78 valence electrons. The molecule has 0 saturated carbocycles. The Bertz CT molecular complexity index is 282. The minimum absolute atomic E-state index is 0.133. The molecule has 0 aliphatic rings. The molecule has 1 rings (SSSR count). The zero-order valence-corrected chi connectivity index (χ0v) is 8.33. The van der Waals surface area contributed by atoms with Crippen molar-refractivity contribution >= 4 is 0 Å². The van der Waals surface area contributed by atoms with E-state index in [1.165, 1.54) is 12.1 Å². The number of hydrogen-bond donors (Lipinski definition) is 2. The van der Waals surface area contributed by atoms with E-state index >= 15 is 0 Å². The van der Waals surface area contributed by atoms with Crippen molar-refractivity contribution in [3.05, 3.63) is 35.6 Å². The summed E-state index contributed by atoms with van der Waals surface area (Å²) in [5, 5.41) is 8.71. The first-order valence-corrected chi connectivity index (χ1v) is 4.72. The third-order valence-electron chi connectivity index (χ3n) is 2.36. The van der Waals surface area contributed by atoms with E-state index in [1.54, 1.807) is 12.1 Å². The molecular formula is C11H16FNO. The van der Waals surface area contributed by atoms with Crippen LogP contribution in [0.5, 0.6) is 0 Å². The summed E-state index contributed by atoms with van der Waals surface area (Å²) in [6, 6.07) is 6.18. The van der Waals surface area contributed by atoms with E-state index < -0.39 is 5.54 Å². The van der Waals surface area contributed by atoms with E-state index in [2.05, 4.69) is 0 Å². The van der Waals surface area contributed by atoms with Gasteiger partial charge in [-0.15, -0.1) is 0 Å². The highest BCUT2D eigenvalue weighted by Crippen LogP contribution is 2.22. The predicted molar refractivity (Wildman–Crippen MR) is 54.3 cm³/mol. The average Bonchev–Trinajstić information content (AvgIpc) is 2.16. The highest BCUT2D eigenvalue weighted by molar-refractivity contribution is 5.23. The predicted octanol–water partition coefficient (Wildman–Crippen LogP) is 1.77. The van der Waals surface area contributed by atoms with E-state index in [-0.39, 0.29) is 12.4 Å². The van der Waals surface area contributed by atoms with Crippen LogP contribution in [0.25, 0.3) is 0 Å². The number of aliphatic hydroxyl groups excluding tert-OH is 1. The molecule has 1 atom stereocenters. The molecule has 0 fully saturated rings. The third-order valence-corrected chi connectivity index (χ3v) is 2.36. The van der Waals surface area contributed by atoms with Crippen LogP contribution in [0.15, 0.2) is 24.3 Å². The fourth-order valence-corrected chi connectivity index (χ4v) is 1.42. The van der Waals surface area contributed by atoms with E-state index in [0.29, 0.717) is 12.8 Å². The quantitative estimate of drug-likeness (QED) is 0.772. The van der Waals surface area contributed by atoms with Gasteiger partial charge in [-0.1, -0.05) is 12.1 Å². The molecular weight excluding hydrogens is 181 g/mol. The monoisotopic (exact) mass is 197 g/mol. The van der Waals surface area contributed by atoms with Gasteiger partial charge in [-0.05, 0) is 37.5 Å². The van der Waals surface area contributed by atoms with Crippen molar-refractivity contribution in [2.24, 2.45) is 5.73 Å². The molecule has 0 aliphatic heterocycles. The Morgan fingerprint density at radius 2 is 1.93 bits per heavy atom. The number of nitrogens with two attached hydrogens (primary N) is 1. The molecule has 3 N–H and O–H groups in total. The number of hydrogen-bond acceptors (Lipinski definition) is 2. The molecule has 1 aromatic rings. The topological polar surface area (TPSA) is 46.2 Å². The van der Waals surface area contributed by atoms with Gasteiger partial charge in [-0.2, -0.15) is 0 Å². The molecule has 1 unspecified atom stereocenters. The summed E-state index contributed by atoms with van der Waals surface area (Å²) >= 11 is 0. The van der Waals surface area contributed by atoms with Crippen molar-refractivity contribution in [3.63, 3.8) is 0 Å². The normalized spacial score (nSPS) is 15.1. The molecule has 2 nitrogen and oxygen atoms in total. The lowest BCUT2D eigenvalue weighted by molar-refractivity contribution is 0.265. The van der Waals surface area contributed by atoms with Crippen LogP contribution in [0.2, 0.25) is 0 Å². The van der Waals surface area contributed by atoms with Crippen LogP contribution in [-0.2, 0) is 5.54 Å². The van der Waals surface area contributed by atoms with Gasteiger partial charge >= 0.3 is 0 Å². The minimum Gasteiger partial charge on any atom is -0.396 e. The lowest BCUT2D eigenvalue weighted by Crippen LogP contribution is -2.33. The smallest absolute Gasteiger partial charge is 0.123 e. The number of halogens is 1. The Labute approximate surface area is 83.6 Å². The highest BCUT2D eigenvalue weighted by atomic mass is 19.1. The summed E-state index contributed by atoms with van der Waals surface area (Å²) < 4.78 is 12.6. The van der Waals surface area contributed by atoms with Gasteiger partial charge in [0.1, 0.15) is 5.82 Å². The van der Waals surface area contributed by atoms with E-state index in [1.807, 2.05) is 6.92 Å². The average molecular weight is 197 g/mol. The molecule has 0 bridgehead atoms. The summed E-state index contributed by atoms with van der Waals surface area (Å²) in [6.07, 6.45) is 1.35. The Balaban J connectivity index is 2.75. The Morgan fingerprint density at radius 1 is 1.36 bits per heavy atom. The zero-order chi connectivity index (χ0) is 10.6. The summed E-state index contributed by atoms with van der Waals surface area (Å²) in [5.74, 6) is -0.258. The summed E-state index contributed by atoms with van der Waals surface area (Å²) in [6.45, 7) is 2.02. The summed E-state index contributed by atoms with van der Waals surface area (Å²) in [4.78, 5) is 0. The molecule has 14 heavy (non-hydrogen) atoms. The second kappa shape index (κ2) is 4.53. The Kier molecular flexibility index (Phi) is 3.61. The maximum Gasteiger partial charge on any atom is 0.123 e. The van der Waals surface area contributed by atoms with Gasteiger partial charge in [0.2, 0.25) is 0 Å². The third kappa shape index (κ3) is 2.79. The number of rotatable bonds is 4. The lowest BCUT2D eigenvalue weighted by Gasteiger charge is -2.24. The molecule has 1 aromatic carbocycles. The van der Waals surface area contributed by atoms with Gasteiger partial charge < -0.3 is 10.8 Å². The minimum atomic E-state index is -0.490. The van der Waals surface area contributed by atoms with Crippen LogP contribution in [0.1, 0.15) is 25.3 Å². The first-order valence-electron chi connectivity index (χ1n) is 4.72. The fraction of sp³-hybridized carbons (Fsp3) is 0.455. The van der Waals surface area contributed by atoms with E-state index in [4.69, 9.17) is 10.8 Å². The maximum atomic E-state index is 12.6. The first kappa shape index (κ1) is 11.1. The van der Waals surface area contributed by atoms with Crippen molar-refractivity contribution in [2.75, 3.05) is 6.61 Å². The molecule has 0 aliphatic carbocycles. The zero-order valence-electron chi connectivity index (χ0n) is 8.33. The summed E-state index contributed by atoms with van der Waals surface area (Å²) in [5.41, 5.74) is 6.45. The van der Waals surface area contributed by atoms with Crippen LogP contribution in [0.3, 0.4) is 0 Å². The van der Waals surface area contributed by atoms with Gasteiger partial charge in [-0.25, -0.2) is 4.39 Å². The van der Waals surface area contributed by atoms with Crippen LogP contribution in [0.4, 0.5) is 4.39 Å². The standard InChI is InChI=1S/C11H16FNO/c1-11(13,7-2-8-14)9-3-5-10(12)6-4-9/h3-6,14H,2,7-8,13H2,1H3. The Hall–Kier alpha value is -0.930. The van der Waals surface area contributed by atoms with Crippen LogP contribution < -0.4 is 5.73 Å². The second-order valence-corrected chi connectivity index (χ2v) is 3.75. The lowest BCUT2D eigenvalue weighted by atomic mass is 9.89. The molecule has 3 heteroatoms. The number of benzene rings is 1. The first-order chi connectivity index (χ1) is 6.56. The number of aliphatic hydroxyl groups is 1. The highest BCUT2D eigenvalue weighted by Gasteiger charge is 2.20. The van der Waals surface area contributed by atoms with Gasteiger partial charge in [-0.3, -0.25) is 0 Å². The molecule has 0 spiro atoms. The van der Waals surface area contributed by atoms with Crippen LogP contribution in [0, 0.1) is 5.82 Å². The van der Waals surface area contributed by atoms with Crippen molar-refractivity contribution in [2.45, 2.75) is 25.3 Å². The summed E-state index contributed by atoms with van der Waals surface area (Å²) in [7, 11) is 0. The second-order valence-electron chi connectivity index (χ2n) is 3.75. The van der Waals surface area contributed by atoms with Gasteiger partial charge in [0.25, 0.3) is 0 Å². The van der Waals surface area contributed by atoms with Crippen molar-refractivity contribution in [1.29, 1.82) is 0 Å². The van der Waals surface area contributed by atoms with Gasteiger partial charge in [0, 0.05) is 12.1 Å². The molecule has 0 radical (unpaired) electrons. The molecule has 0 amide bonds. The van der Waals surface area contributed by atoms with E-state index in [9.17, 15) is 4.39 Å². The Morgan fingerprint density at radius 3 is 2.43 bits per heavy atom. The van der Waals surface area contributed by atoms with Crippen molar-refractivity contribution < 1.29 is 9.50 Å². The van der Waals surface area contributed by atoms with Gasteiger partial charge in [0.05, 0.1) is 0 Å². The SMILES string of the molecule is CC(N)(CCCO)c1ccc(F)cc1. The molecule has 0 aromatic heterocycles. The van der Waals surface area contributed by atoms with Crippen LogP contribution >= 0.6 is 0 Å². The molecule has 0 heterocycles. The molecule has 0 saturated heterocycles. The van der Waals surface area contributed by atoms with Crippen molar-refractivity contribution in [1.82, 2.24) is 0 Å². The van der Waals surface area contributed by atoms with Crippen LogP contribution in [-0.4, -0.2) is 11.7 Å². The maximum absolute atomic E-state index is 12.6. The largest absolute Gasteiger partial charge is 0.396 e. The fourth-order valence-electron chi connectivity index (χ4n) is 1.42. The van der Waals surface area contributed by atoms with Crippen molar-refractivity contribution in [3.8, 4) is 0 Å². The van der Waals surface area contributed by atoms with E-state index in [0.717, 1.165) is 5.56 Å². The van der Waals surface area contributed by atoms with Gasteiger partial charge in [0.15, 0.2) is 0 Å².